The summed E-state index contributed by atoms with van der Waals surface area (Å²) in [6.45, 7) is 2.85. The lowest BCUT2D eigenvalue weighted by molar-refractivity contribution is 0.102. The Kier molecular flexibility index (Phi) is 4.86. The molecule has 0 spiro atoms. The van der Waals surface area contributed by atoms with Crippen LogP contribution in [0.1, 0.15) is 41.3 Å². The summed E-state index contributed by atoms with van der Waals surface area (Å²) >= 11 is 3.46. The molecule has 0 saturated carbocycles. The molecule has 2 aromatic carbocycles. The van der Waals surface area contributed by atoms with E-state index >= 15 is 0 Å². The summed E-state index contributed by atoms with van der Waals surface area (Å²) in [6.07, 6.45) is 4.62. The van der Waals surface area contributed by atoms with E-state index in [1.54, 1.807) is 4.68 Å². The van der Waals surface area contributed by atoms with Crippen molar-refractivity contribution in [2.75, 3.05) is 5.32 Å². The second-order valence-electron chi connectivity index (χ2n) is 7.56. The monoisotopic (exact) mass is 464 g/mol. The lowest BCUT2D eigenvalue weighted by Crippen LogP contribution is -2.14. The molecule has 152 valence electrons. The topological polar surface area (TPSA) is 77.6 Å². The highest BCUT2D eigenvalue weighted by Gasteiger charge is 2.19. The Morgan fingerprint density at radius 3 is 2.90 bits per heavy atom. The molecule has 1 aliphatic rings. The van der Waals surface area contributed by atoms with Gasteiger partial charge in [-0.25, -0.2) is 9.67 Å². The van der Waals surface area contributed by atoms with E-state index in [2.05, 4.69) is 36.1 Å². The van der Waals surface area contributed by atoms with Crippen molar-refractivity contribution < 1.29 is 4.79 Å². The fourth-order valence-electron chi connectivity index (χ4n) is 4.01. The number of halogens is 1. The van der Waals surface area contributed by atoms with Crippen molar-refractivity contribution in [3.8, 4) is 5.69 Å². The van der Waals surface area contributed by atoms with Crippen molar-refractivity contribution in [3.05, 3.63) is 64.1 Å². The smallest absolute Gasteiger partial charge is 0.278 e. The van der Waals surface area contributed by atoms with Gasteiger partial charge in [0.05, 0.1) is 22.4 Å². The summed E-state index contributed by atoms with van der Waals surface area (Å²) in [4.78, 5) is 17.7. The number of amides is 1. The summed E-state index contributed by atoms with van der Waals surface area (Å²) in [5.74, 6) is 0.854. The number of carbonyl (C=O) groups excluding carboxylic acids is 1. The number of fused-ring (bicyclic) bond motifs is 3. The van der Waals surface area contributed by atoms with Gasteiger partial charge in [-0.05, 0) is 56.2 Å². The van der Waals surface area contributed by atoms with Crippen LogP contribution in [0.2, 0.25) is 0 Å². The molecular weight excluding hydrogens is 444 g/mol. The number of rotatable bonds is 3. The van der Waals surface area contributed by atoms with Crippen LogP contribution in [0.5, 0.6) is 0 Å². The van der Waals surface area contributed by atoms with Crippen molar-refractivity contribution in [1.82, 2.24) is 24.5 Å². The zero-order valence-corrected chi connectivity index (χ0v) is 18.2. The Morgan fingerprint density at radius 2 is 2.03 bits per heavy atom. The molecule has 7 nitrogen and oxygen atoms in total. The average Bonchev–Trinajstić information content (AvgIpc) is 3.19. The highest BCUT2D eigenvalue weighted by Crippen LogP contribution is 2.25. The number of aromatic nitrogens is 5. The summed E-state index contributed by atoms with van der Waals surface area (Å²) < 4.78 is 4.91. The lowest BCUT2D eigenvalue weighted by atomic mass is 10.2. The summed E-state index contributed by atoms with van der Waals surface area (Å²) in [5, 5.41) is 11.2. The average molecular weight is 465 g/mol. The van der Waals surface area contributed by atoms with Gasteiger partial charge in [-0.1, -0.05) is 33.6 Å². The number of hydrogen-bond acceptors (Lipinski definition) is 4. The van der Waals surface area contributed by atoms with E-state index < -0.39 is 0 Å². The Balaban J connectivity index is 1.41. The van der Waals surface area contributed by atoms with Gasteiger partial charge in [-0.15, -0.1) is 5.10 Å². The summed E-state index contributed by atoms with van der Waals surface area (Å²) in [7, 11) is 0. The molecule has 0 fully saturated rings. The third kappa shape index (κ3) is 3.41. The number of hydrogen-bond donors (Lipinski definition) is 1. The quantitative estimate of drug-likeness (QED) is 0.477. The Hall–Kier alpha value is -3.00. The molecule has 0 unspecified atom stereocenters. The van der Waals surface area contributed by atoms with Crippen molar-refractivity contribution >= 4 is 38.6 Å². The van der Waals surface area contributed by atoms with Crippen LogP contribution < -0.4 is 5.32 Å². The van der Waals surface area contributed by atoms with Gasteiger partial charge in [0.25, 0.3) is 5.91 Å². The largest absolute Gasteiger partial charge is 0.328 e. The number of anilines is 1. The highest BCUT2D eigenvalue weighted by atomic mass is 79.9. The molecule has 1 amide bonds. The molecule has 3 heterocycles. The first-order valence-electron chi connectivity index (χ1n) is 10.1. The van der Waals surface area contributed by atoms with Gasteiger partial charge in [-0.3, -0.25) is 4.79 Å². The molecule has 0 aliphatic carbocycles. The molecule has 0 bridgehead atoms. The molecule has 5 rings (SSSR count). The maximum atomic E-state index is 12.9. The van der Waals surface area contributed by atoms with E-state index in [0.29, 0.717) is 17.1 Å². The minimum Gasteiger partial charge on any atom is -0.328 e. The Labute approximate surface area is 182 Å². The Bertz CT molecular complexity index is 1260. The fraction of sp³-hybridized carbons (Fsp3) is 0.273. The predicted molar refractivity (Wildman–Crippen MR) is 119 cm³/mol. The maximum Gasteiger partial charge on any atom is 0.278 e. The van der Waals surface area contributed by atoms with Crippen LogP contribution >= 0.6 is 15.9 Å². The molecule has 8 heteroatoms. The van der Waals surface area contributed by atoms with Gasteiger partial charge < -0.3 is 9.88 Å². The van der Waals surface area contributed by atoms with Crippen LogP contribution in [-0.2, 0) is 13.0 Å². The van der Waals surface area contributed by atoms with Crippen LogP contribution in [0.3, 0.4) is 0 Å². The number of benzene rings is 2. The van der Waals surface area contributed by atoms with E-state index in [-0.39, 0.29) is 5.91 Å². The van der Waals surface area contributed by atoms with Crippen LogP contribution in [0.15, 0.2) is 46.9 Å². The highest BCUT2D eigenvalue weighted by molar-refractivity contribution is 9.10. The summed E-state index contributed by atoms with van der Waals surface area (Å²) in [6, 6.07) is 13.6. The minimum absolute atomic E-state index is 0.283. The fourth-order valence-corrected chi connectivity index (χ4v) is 4.40. The normalized spacial score (nSPS) is 13.8. The first-order valence-corrected chi connectivity index (χ1v) is 10.9. The second-order valence-corrected chi connectivity index (χ2v) is 8.48. The number of nitrogens with zero attached hydrogens (tertiary/aromatic N) is 5. The summed E-state index contributed by atoms with van der Waals surface area (Å²) in [5.41, 5.74) is 4.57. The van der Waals surface area contributed by atoms with Crippen molar-refractivity contribution in [2.45, 2.75) is 39.2 Å². The number of imidazole rings is 1. The van der Waals surface area contributed by atoms with Crippen LogP contribution in [-0.4, -0.2) is 30.5 Å². The predicted octanol–water partition coefficient (Wildman–Crippen LogP) is 4.67. The lowest BCUT2D eigenvalue weighted by Gasteiger charge is -2.07. The Morgan fingerprint density at radius 1 is 1.13 bits per heavy atom. The molecule has 0 radical (unpaired) electrons. The number of aryl methyl sites for hydroxylation is 2. The molecule has 1 N–H and O–H groups in total. The van der Waals surface area contributed by atoms with Gasteiger partial charge in [0.1, 0.15) is 5.82 Å². The first-order chi connectivity index (χ1) is 14.6. The van der Waals surface area contributed by atoms with Crippen LogP contribution in [0.4, 0.5) is 5.69 Å². The first kappa shape index (κ1) is 19.0. The second kappa shape index (κ2) is 7.68. The van der Waals surface area contributed by atoms with Crippen molar-refractivity contribution in [1.29, 1.82) is 0 Å². The SMILES string of the molecule is Cc1c(C(=O)Nc2ccc3c(c2)nc2n3CCCCC2)nnn1-c1cccc(Br)c1. The van der Waals surface area contributed by atoms with E-state index in [1.807, 2.05) is 49.4 Å². The van der Waals surface area contributed by atoms with Crippen LogP contribution in [0, 0.1) is 6.92 Å². The molecule has 0 atom stereocenters. The van der Waals surface area contributed by atoms with Gasteiger partial charge in [0.2, 0.25) is 0 Å². The molecule has 1 aliphatic heterocycles. The maximum absolute atomic E-state index is 12.9. The zero-order chi connectivity index (χ0) is 20.7. The van der Waals surface area contributed by atoms with E-state index in [4.69, 9.17) is 4.98 Å². The third-order valence-electron chi connectivity index (χ3n) is 5.53. The van der Waals surface area contributed by atoms with Crippen LogP contribution in [0.25, 0.3) is 16.7 Å². The molecular formula is C22H21BrN6O. The minimum atomic E-state index is -0.283. The van der Waals surface area contributed by atoms with Gasteiger partial charge in [0, 0.05) is 23.1 Å². The molecule has 30 heavy (non-hydrogen) atoms. The standard InChI is InChI=1S/C22H21BrN6O/c1-14-21(26-27-29(14)17-7-5-6-15(23)12-17)22(30)24-16-9-10-19-18(13-16)25-20-8-3-2-4-11-28(19)20/h5-7,9-10,12-13H,2-4,8,11H2,1H3,(H,24,30). The van der Waals surface area contributed by atoms with Crippen molar-refractivity contribution in [2.24, 2.45) is 0 Å². The van der Waals surface area contributed by atoms with E-state index in [9.17, 15) is 4.79 Å². The molecule has 0 saturated heterocycles. The number of nitrogens with one attached hydrogen (secondary N) is 1. The van der Waals surface area contributed by atoms with Gasteiger partial charge in [0.15, 0.2) is 5.69 Å². The van der Waals surface area contributed by atoms with Gasteiger partial charge >= 0.3 is 0 Å². The van der Waals surface area contributed by atoms with E-state index in [1.165, 1.54) is 19.3 Å². The molecule has 4 aromatic rings. The number of carbonyl (C=O) groups is 1. The van der Waals surface area contributed by atoms with Crippen molar-refractivity contribution in [3.63, 3.8) is 0 Å². The van der Waals surface area contributed by atoms with Gasteiger partial charge in [-0.2, -0.15) is 0 Å². The third-order valence-corrected chi connectivity index (χ3v) is 6.02. The molecule has 2 aromatic heterocycles. The zero-order valence-electron chi connectivity index (χ0n) is 16.6. The van der Waals surface area contributed by atoms with E-state index in [0.717, 1.165) is 40.0 Å².